The van der Waals surface area contributed by atoms with Gasteiger partial charge in [0.2, 0.25) is 0 Å². The highest BCUT2D eigenvalue weighted by atomic mass is 16.6. The van der Waals surface area contributed by atoms with E-state index in [9.17, 15) is 14.9 Å². The molecule has 0 bridgehead atoms. The number of methoxy groups -OCH3 is 1. The van der Waals surface area contributed by atoms with Crippen LogP contribution >= 0.6 is 0 Å². The first-order valence-corrected chi connectivity index (χ1v) is 8.98. The average Bonchev–Trinajstić information content (AvgIpc) is 2.71. The summed E-state index contributed by atoms with van der Waals surface area (Å²) in [5, 5.41) is 10.6. The number of hydrogen-bond donors (Lipinski definition) is 0. The van der Waals surface area contributed by atoms with Gasteiger partial charge in [0.25, 0.3) is 5.69 Å². The first kappa shape index (κ1) is 20.9. The van der Waals surface area contributed by atoms with E-state index in [1.165, 1.54) is 29.8 Å². The number of nitrogens with zero attached hydrogens (tertiary/aromatic N) is 1. The lowest BCUT2D eigenvalue weighted by atomic mass is 10.0. The second-order valence-corrected chi connectivity index (χ2v) is 6.03. The SMILES string of the molecule is CCC/C(=C\C=C\CC(=O)Oc1ccc([N+](=O)[O-])cc1)c1ccc(OC)cc1. The molecule has 2 rings (SSSR count). The second kappa shape index (κ2) is 10.7. The highest BCUT2D eigenvalue weighted by molar-refractivity contribution is 5.74. The predicted molar refractivity (Wildman–Crippen MR) is 108 cm³/mol. The minimum Gasteiger partial charge on any atom is -0.497 e. The molecule has 0 aliphatic heterocycles. The van der Waals surface area contributed by atoms with Crippen LogP contribution in [0.15, 0.2) is 66.8 Å². The number of non-ortho nitro benzene ring substituents is 1. The first-order valence-electron chi connectivity index (χ1n) is 8.98. The molecule has 0 saturated heterocycles. The summed E-state index contributed by atoms with van der Waals surface area (Å²) in [6, 6.07) is 13.3. The molecule has 0 spiro atoms. The van der Waals surface area contributed by atoms with E-state index in [1.807, 2.05) is 36.4 Å². The van der Waals surface area contributed by atoms with Gasteiger partial charge in [0.1, 0.15) is 11.5 Å². The van der Waals surface area contributed by atoms with Gasteiger partial charge in [0.05, 0.1) is 18.5 Å². The van der Waals surface area contributed by atoms with Crippen LogP contribution in [-0.2, 0) is 4.79 Å². The van der Waals surface area contributed by atoms with Crippen molar-refractivity contribution in [1.29, 1.82) is 0 Å². The highest BCUT2D eigenvalue weighted by Crippen LogP contribution is 2.23. The zero-order chi connectivity index (χ0) is 20.4. The van der Waals surface area contributed by atoms with Crippen molar-refractivity contribution in [3.05, 3.63) is 82.4 Å². The average molecular weight is 381 g/mol. The number of esters is 1. The summed E-state index contributed by atoms with van der Waals surface area (Å²) in [7, 11) is 1.64. The molecular formula is C22H23NO5. The molecule has 0 aliphatic rings. The van der Waals surface area contributed by atoms with E-state index in [0.717, 1.165) is 24.2 Å². The monoisotopic (exact) mass is 381 g/mol. The molecule has 0 saturated carbocycles. The third-order valence-corrected chi connectivity index (χ3v) is 3.98. The zero-order valence-corrected chi connectivity index (χ0v) is 16.0. The van der Waals surface area contributed by atoms with Crippen molar-refractivity contribution in [2.24, 2.45) is 0 Å². The fourth-order valence-electron chi connectivity index (χ4n) is 2.56. The number of nitro benzene ring substituents is 1. The lowest BCUT2D eigenvalue weighted by molar-refractivity contribution is -0.384. The Balaban J connectivity index is 1.94. The summed E-state index contributed by atoms with van der Waals surface area (Å²) in [5.41, 5.74) is 2.23. The Hall–Kier alpha value is -3.41. The van der Waals surface area contributed by atoms with Gasteiger partial charge in [-0.1, -0.05) is 43.7 Å². The molecule has 28 heavy (non-hydrogen) atoms. The van der Waals surface area contributed by atoms with Crippen LogP contribution in [0.4, 0.5) is 5.69 Å². The van der Waals surface area contributed by atoms with Gasteiger partial charge < -0.3 is 9.47 Å². The Morgan fingerprint density at radius 1 is 1.07 bits per heavy atom. The second-order valence-electron chi connectivity index (χ2n) is 6.03. The fraction of sp³-hybridized carbons (Fsp3) is 0.227. The van der Waals surface area contributed by atoms with Crippen molar-refractivity contribution in [2.75, 3.05) is 7.11 Å². The van der Waals surface area contributed by atoms with Crippen LogP contribution in [0, 0.1) is 10.1 Å². The number of carbonyl (C=O) groups is 1. The van der Waals surface area contributed by atoms with E-state index in [0.29, 0.717) is 0 Å². The van der Waals surface area contributed by atoms with Crippen LogP contribution in [0.2, 0.25) is 0 Å². The van der Waals surface area contributed by atoms with Gasteiger partial charge in [0, 0.05) is 12.1 Å². The Bertz CT molecular complexity index is 852. The van der Waals surface area contributed by atoms with Crippen LogP contribution in [-0.4, -0.2) is 18.0 Å². The molecule has 0 unspecified atom stereocenters. The third kappa shape index (κ3) is 6.39. The predicted octanol–water partition coefficient (Wildman–Crippen LogP) is 5.34. The number of rotatable bonds is 9. The molecule has 0 radical (unpaired) electrons. The Labute approximate surface area is 164 Å². The van der Waals surface area contributed by atoms with E-state index >= 15 is 0 Å². The number of carbonyl (C=O) groups excluding carboxylic acids is 1. The maximum atomic E-state index is 11.9. The molecule has 2 aromatic carbocycles. The van der Waals surface area contributed by atoms with Crippen LogP contribution in [0.1, 0.15) is 31.7 Å². The van der Waals surface area contributed by atoms with Crippen molar-refractivity contribution < 1.29 is 19.2 Å². The molecule has 146 valence electrons. The number of ether oxygens (including phenoxy) is 2. The minimum absolute atomic E-state index is 0.0492. The van der Waals surface area contributed by atoms with Gasteiger partial charge in [-0.2, -0.15) is 0 Å². The molecule has 0 aliphatic carbocycles. The summed E-state index contributed by atoms with van der Waals surface area (Å²) < 4.78 is 10.3. The highest BCUT2D eigenvalue weighted by Gasteiger charge is 2.07. The van der Waals surface area contributed by atoms with E-state index in [-0.39, 0.29) is 17.9 Å². The quantitative estimate of drug-likeness (QED) is 0.193. The van der Waals surface area contributed by atoms with E-state index in [1.54, 1.807) is 13.2 Å². The number of allylic oxidation sites excluding steroid dienone is 3. The van der Waals surface area contributed by atoms with Crippen molar-refractivity contribution in [3.8, 4) is 11.5 Å². The van der Waals surface area contributed by atoms with Crippen molar-refractivity contribution in [1.82, 2.24) is 0 Å². The summed E-state index contributed by atoms with van der Waals surface area (Å²) in [5.74, 6) is 0.661. The number of hydrogen-bond acceptors (Lipinski definition) is 5. The number of benzene rings is 2. The van der Waals surface area contributed by atoms with Crippen LogP contribution in [0.25, 0.3) is 5.57 Å². The molecule has 0 aromatic heterocycles. The molecule has 0 heterocycles. The molecule has 0 amide bonds. The van der Waals surface area contributed by atoms with E-state index < -0.39 is 10.9 Å². The summed E-state index contributed by atoms with van der Waals surface area (Å²) in [6.07, 6.45) is 7.59. The maximum Gasteiger partial charge on any atom is 0.315 e. The van der Waals surface area contributed by atoms with Crippen molar-refractivity contribution in [3.63, 3.8) is 0 Å². The molecule has 0 N–H and O–H groups in total. The van der Waals surface area contributed by atoms with Gasteiger partial charge in [0.15, 0.2) is 0 Å². The molecule has 2 aromatic rings. The summed E-state index contributed by atoms with van der Waals surface area (Å²) in [6.45, 7) is 2.11. The van der Waals surface area contributed by atoms with Gasteiger partial charge in [-0.3, -0.25) is 14.9 Å². The topological polar surface area (TPSA) is 78.7 Å². The zero-order valence-electron chi connectivity index (χ0n) is 16.0. The fourth-order valence-corrected chi connectivity index (χ4v) is 2.56. The Morgan fingerprint density at radius 3 is 2.29 bits per heavy atom. The van der Waals surface area contributed by atoms with Crippen molar-refractivity contribution >= 4 is 17.2 Å². The Kier molecular flexibility index (Phi) is 7.96. The first-order chi connectivity index (χ1) is 13.5. The van der Waals surface area contributed by atoms with Gasteiger partial charge in [-0.15, -0.1) is 0 Å². The molecule has 0 fully saturated rings. The van der Waals surface area contributed by atoms with Crippen LogP contribution in [0.3, 0.4) is 0 Å². The lowest BCUT2D eigenvalue weighted by Gasteiger charge is -2.07. The van der Waals surface area contributed by atoms with E-state index in [4.69, 9.17) is 9.47 Å². The maximum absolute atomic E-state index is 11.9. The normalized spacial score (nSPS) is 11.4. The smallest absolute Gasteiger partial charge is 0.315 e. The van der Waals surface area contributed by atoms with Gasteiger partial charge in [-0.25, -0.2) is 0 Å². The molecular weight excluding hydrogens is 358 g/mol. The lowest BCUT2D eigenvalue weighted by Crippen LogP contribution is -2.06. The molecule has 6 heteroatoms. The summed E-state index contributed by atoms with van der Waals surface area (Å²) >= 11 is 0. The number of nitro groups is 1. The minimum atomic E-state index is -0.503. The van der Waals surface area contributed by atoms with Crippen LogP contribution < -0.4 is 9.47 Å². The van der Waals surface area contributed by atoms with Crippen molar-refractivity contribution in [2.45, 2.75) is 26.2 Å². The van der Waals surface area contributed by atoms with Crippen LogP contribution in [0.5, 0.6) is 11.5 Å². The molecule has 6 nitrogen and oxygen atoms in total. The van der Waals surface area contributed by atoms with Gasteiger partial charge in [-0.05, 0) is 41.8 Å². The molecule has 0 atom stereocenters. The van der Waals surface area contributed by atoms with Gasteiger partial charge >= 0.3 is 5.97 Å². The summed E-state index contributed by atoms with van der Waals surface area (Å²) in [4.78, 5) is 22.0. The van der Waals surface area contributed by atoms with E-state index in [2.05, 4.69) is 6.92 Å². The Morgan fingerprint density at radius 2 is 1.71 bits per heavy atom. The third-order valence-electron chi connectivity index (χ3n) is 3.98. The largest absolute Gasteiger partial charge is 0.497 e. The standard InChI is InChI=1S/C22H23NO5/c1-3-6-17(18-9-13-20(27-2)14-10-18)7-4-5-8-22(24)28-21-15-11-19(12-16-21)23(25)26/h4-5,7,9-16H,3,6,8H2,1-2H3/b5-4+,17-7+.